The second-order valence-corrected chi connectivity index (χ2v) is 5.51. The van der Waals surface area contributed by atoms with Crippen molar-refractivity contribution in [1.29, 1.82) is 0 Å². The Morgan fingerprint density at radius 2 is 1.62 bits per heavy atom. The lowest BCUT2D eigenvalue weighted by molar-refractivity contribution is -0.124. The molecular weight excluding hydrogens is 202 g/mol. The molecule has 0 bridgehead atoms. The predicted molar refractivity (Wildman–Crippen MR) is 66.4 cm³/mol. The highest BCUT2D eigenvalue weighted by Crippen LogP contribution is 2.02. The summed E-state index contributed by atoms with van der Waals surface area (Å²) >= 11 is 0. The van der Waals surface area contributed by atoms with Crippen molar-refractivity contribution in [3.05, 3.63) is 0 Å². The summed E-state index contributed by atoms with van der Waals surface area (Å²) in [5, 5.41) is 3.00. The lowest BCUT2D eigenvalue weighted by atomic mass is 10.1. The van der Waals surface area contributed by atoms with Crippen molar-refractivity contribution in [2.24, 2.45) is 0 Å². The number of amides is 1. The quantitative estimate of drug-likeness (QED) is 0.764. The molecule has 16 heavy (non-hydrogen) atoms. The Labute approximate surface area is 99.0 Å². The predicted octanol–water partition coefficient (Wildman–Crippen LogP) is 0.539. The first-order chi connectivity index (χ1) is 7.40. The van der Waals surface area contributed by atoms with Crippen molar-refractivity contribution in [3.8, 4) is 0 Å². The maximum absolute atomic E-state index is 11.7. The molecule has 0 radical (unpaired) electrons. The van der Waals surface area contributed by atoms with Crippen LogP contribution in [0.1, 0.15) is 27.7 Å². The van der Waals surface area contributed by atoms with E-state index in [-0.39, 0.29) is 11.4 Å². The molecule has 1 rings (SSSR count). The summed E-state index contributed by atoms with van der Waals surface area (Å²) in [5.41, 5.74) is -0.123. The molecule has 1 fully saturated rings. The van der Waals surface area contributed by atoms with Gasteiger partial charge < -0.3 is 10.2 Å². The lowest BCUT2D eigenvalue weighted by Crippen LogP contribution is -2.51. The second-order valence-electron chi connectivity index (χ2n) is 5.51. The number of nitrogens with zero attached hydrogens (tertiary/aromatic N) is 2. The van der Waals surface area contributed by atoms with Crippen LogP contribution in [0, 0.1) is 0 Å². The van der Waals surface area contributed by atoms with Crippen LogP contribution in [0.4, 0.5) is 0 Å². The molecule has 1 saturated heterocycles. The molecule has 0 aromatic rings. The van der Waals surface area contributed by atoms with Gasteiger partial charge >= 0.3 is 0 Å². The lowest BCUT2D eigenvalue weighted by Gasteiger charge is -2.34. The van der Waals surface area contributed by atoms with Gasteiger partial charge in [-0.25, -0.2) is 0 Å². The Bertz CT molecular complexity index is 227. The fourth-order valence-corrected chi connectivity index (χ4v) is 1.92. The summed E-state index contributed by atoms with van der Waals surface area (Å²) in [4.78, 5) is 16.4. The zero-order chi connectivity index (χ0) is 12.2. The van der Waals surface area contributed by atoms with E-state index < -0.39 is 0 Å². The van der Waals surface area contributed by atoms with Crippen molar-refractivity contribution >= 4 is 5.91 Å². The first kappa shape index (κ1) is 13.5. The van der Waals surface area contributed by atoms with Gasteiger partial charge in [-0.1, -0.05) is 6.92 Å². The molecule has 4 nitrogen and oxygen atoms in total. The SMILES string of the molecule is CCN1CCN(CC(=O)NC(C)(C)C)CC1. The maximum atomic E-state index is 11.7. The van der Waals surface area contributed by atoms with Crippen LogP contribution in [-0.4, -0.2) is 60.5 Å². The van der Waals surface area contributed by atoms with Gasteiger partial charge in [0.2, 0.25) is 5.91 Å². The van der Waals surface area contributed by atoms with Crippen molar-refractivity contribution in [3.63, 3.8) is 0 Å². The highest BCUT2D eigenvalue weighted by molar-refractivity contribution is 5.78. The number of hydrogen-bond acceptors (Lipinski definition) is 3. The van der Waals surface area contributed by atoms with E-state index in [1.54, 1.807) is 0 Å². The van der Waals surface area contributed by atoms with Crippen LogP contribution >= 0.6 is 0 Å². The van der Waals surface area contributed by atoms with Crippen molar-refractivity contribution in [2.75, 3.05) is 39.3 Å². The molecule has 1 aliphatic heterocycles. The van der Waals surface area contributed by atoms with Crippen LogP contribution in [0.25, 0.3) is 0 Å². The third kappa shape index (κ3) is 4.94. The monoisotopic (exact) mass is 227 g/mol. The summed E-state index contributed by atoms with van der Waals surface area (Å²) in [6.45, 7) is 14.0. The van der Waals surface area contributed by atoms with E-state index >= 15 is 0 Å². The standard InChI is InChI=1S/C12H25N3O/c1-5-14-6-8-15(9-7-14)10-11(16)13-12(2,3)4/h5-10H2,1-4H3,(H,13,16). The number of likely N-dealkylation sites (N-methyl/N-ethyl adjacent to an activating group) is 1. The molecular formula is C12H25N3O. The highest BCUT2D eigenvalue weighted by atomic mass is 16.2. The minimum absolute atomic E-state index is 0.123. The minimum atomic E-state index is -0.123. The highest BCUT2D eigenvalue weighted by Gasteiger charge is 2.20. The Hall–Kier alpha value is -0.610. The minimum Gasteiger partial charge on any atom is -0.350 e. The summed E-state index contributed by atoms with van der Waals surface area (Å²) in [6, 6.07) is 0. The third-order valence-electron chi connectivity index (χ3n) is 2.79. The molecule has 4 heteroatoms. The average Bonchev–Trinajstić information content (AvgIpc) is 2.16. The normalized spacial score (nSPS) is 19.8. The van der Waals surface area contributed by atoms with Crippen LogP contribution in [-0.2, 0) is 4.79 Å². The Morgan fingerprint density at radius 3 is 2.06 bits per heavy atom. The summed E-state index contributed by atoms with van der Waals surface area (Å²) in [6.07, 6.45) is 0. The molecule has 0 unspecified atom stereocenters. The number of nitrogens with one attached hydrogen (secondary N) is 1. The van der Waals surface area contributed by atoms with Gasteiger partial charge in [0.1, 0.15) is 0 Å². The number of piperazine rings is 1. The van der Waals surface area contributed by atoms with Crippen LogP contribution in [0.3, 0.4) is 0 Å². The average molecular weight is 227 g/mol. The van der Waals surface area contributed by atoms with Gasteiger partial charge in [-0.2, -0.15) is 0 Å². The van der Waals surface area contributed by atoms with E-state index in [4.69, 9.17) is 0 Å². The molecule has 0 atom stereocenters. The Morgan fingerprint density at radius 1 is 1.12 bits per heavy atom. The van der Waals surface area contributed by atoms with Crippen LogP contribution in [0.5, 0.6) is 0 Å². The number of carbonyl (C=O) groups excluding carboxylic acids is 1. The van der Waals surface area contributed by atoms with E-state index in [1.807, 2.05) is 20.8 Å². The van der Waals surface area contributed by atoms with Gasteiger partial charge in [-0.05, 0) is 27.3 Å². The first-order valence-corrected chi connectivity index (χ1v) is 6.16. The van der Waals surface area contributed by atoms with Crippen LogP contribution in [0.2, 0.25) is 0 Å². The van der Waals surface area contributed by atoms with E-state index in [0.29, 0.717) is 6.54 Å². The number of hydrogen-bond donors (Lipinski definition) is 1. The zero-order valence-electron chi connectivity index (χ0n) is 11.0. The molecule has 94 valence electrons. The van der Waals surface area contributed by atoms with E-state index in [2.05, 4.69) is 22.0 Å². The Kier molecular flexibility index (Phi) is 4.74. The van der Waals surface area contributed by atoms with Crippen LogP contribution in [0.15, 0.2) is 0 Å². The maximum Gasteiger partial charge on any atom is 0.234 e. The van der Waals surface area contributed by atoms with E-state index in [9.17, 15) is 4.79 Å². The number of rotatable bonds is 3. The zero-order valence-corrected chi connectivity index (χ0v) is 11.0. The fraction of sp³-hybridized carbons (Fsp3) is 0.917. The van der Waals surface area contributed by atoms with Gasteiger partial charge in [-0.15, -0.1) is 0 Å². The largest absolute Gasteiger partial charge is 0.350 e. The van der Waals surface area contributed by atoms with E-state index in [0.717, 1.165) is 32.7 Å². The molecule has 0 aliphatic carbocycles. The van der Waals surface area contributed by atoms with Gasteiger partial charge in [0.15, 0.2) is 0 Å². The topological polar surface area (TPSA) is 35.6 Å². The molecule has 1 N–H and O–H groups in total. The summed E-state index contributed by atoms with van der Waals surface area (Å²) in [7, 11) is 0. The molecule has 0 spiro atoms. The molecule has 0 aromatic heterocycles. The molecule has 0 saturated carbocycles. The van der Waals surface area contributed by atoms with E-state index in [1.165, 1.54) is 0 Å². The van der Waals surface area contributed by atoms with Gasteiger partial charge in [-0.3, -0.25) is 9.69 Å². The molecule has 0 aromatic carbocycles. The second kappa shape index (κ2) is 5.64. The van der Waals surface area contributed by atoms with Gasteiger partial charge in [0.05, 0.1) is 6.54 Å². The summed E-state index contributed by atoms with van der Waals surface area (Å²) < 4.78 is 0. The number of carbonyl (C=O) groups is 1. The van der Waals surface area contributed by atoms with Crippen molar-refractivity contribution < 1.29 is 4.79 Å². The molecule has 1 aliphatic rings. The third-order valence-corrected chi connectivity index (χ3v) is 2.79. The molecule has 1 heterocycles. The fourth-order valence-electron chi connectivity index (χ4n) is 1.92. The van der Waals surface area contributed by atoms with Crippen molar-refractivity contribution in [1.82, 2.24) is 15.1 Å². The van der Waals surface area contributed by atoms with Crippen LogP contribution < -0.4 is 5.32 Å². The van der Waals surface area contributed by atoms with Gasteiger partial charge in [0, 0.05) is 31.7 Å². The first-order valence-electron chi connectivity index (χ1n) is 6.16. The Balaban J connectivity index is 2.26. The van der Waals surface area contributed by atoms with Gasteiger partial charge in [0.25, 0.3) is 0 Å². The van der Waals surface area contributed by atoms with Crippen molar-refractivity contribution in [2.45, 2.75) is 33.2 Å². The summed E-state index contributed by atoms with van der Waals surface area (Å²) in [5.74, 6) is 0.137. The molecule has 1 amide bonds. The smallest absolute Gasteiger partial charge is 0.234 e.